The van der Waals surface area contributed by atoms with Crippen LogP contribution in [0.5, 0.6) is 5.75 Å². The van der Waals surface area contributed by atoms with Gasteiger partial charge in [-0.2, -0.15) is 0 Å². The van der Waals surface area contributed by atoms with Gasteiger partial charge in [0.15, 0.2) is 5.78 Å². The van der Waals surface area contributed by atoms with Crippen molar-refractivity contribution in [1.82, 2.24) is 0 Å². The number of nitro benzene ring substituents is 1. The summed E-state index contributed by atoms with van der Waals surface area (Å²) < 4.78 is 0. The SMILES string of the molecule is O=C(/C=C\c1c(O)ccc2ccccc12)c1ccc([N+](=O)[O-])cc1. The van der Waals surface area contributed by atoms with E-state index in [9.17, 15) is 20.0 Å². The fraction of sp³-hybridized carbons (Fsp3) is 0. The van der Waals surface area contributed by atoms with Crippen molar-refractivity contribution in [2.24, 2.45) is 0 Å². The highest BCUT2D eigenvalue weighted by molar-refractivity contribution is 6.08. The van der Waals surface area contributed by atoms with Crippen LogP contribution in [0.3, 0.4) is 0 Å². The van der Waals surface area contributed by atoms with Gasteiger partial charge in [0.25, 0.3) is 5.69 Å². The van der Waals surface area contributed by atoms with Crippen molar-refractivity contribution >= 4 is 28.3 Å². The Hall–Kier alpha value is -3.47. The molecule has 3 aromatic carbocycles. The average Bonchev–Trinajstić information content (AvgIpc) is 2.60. The third-order valence-corrected chi connectivity index (χ3v) is 3.71. The maximum Gasteiger partial charge on any atom is 0.269 e. The highest BCUT2D eigenvalue weighted by Crippen LogP contribution is 2.28. The molecule has 1 N–H and O–H groups in total. The minimum Gasteiger partial charge on any atom is -0.507 e. The number of non-ortho nitro benzene ring substituents is 1. The zero-order valence-electron chi connectivity index (χ0n) is 12.5. The Bertz CT molecular complexity index is 959. The molecule has 118 valence electrons. The van der Waals surface area contributed by atoms with Crippen molar-refractivity contribution in [3.05, 3.63) is 88.0 Å². The van der Waals surface area contributed by atoms with E-state index in [2.05, 4.69) is 0 Å². The van der Waals surface area contributed by atoms with Gasteiger partial charge < -0.3 is 5.11 Å². The molecule has 0 spiro atoms. The van der Waals surface area contributed by atoms with Gasteiger partial charge in [-0.25, -0.2) is 0 Å². The number of phenolic OH excluding ortho intramolecular Hbond substituents is 1. The molecule has 0 atom stereocenters. The number of benzene rings is 3. The number of aromatic hydroxyl groups is 1. The van der Waals surface area contributed by atoms with Crippen LogP contribution < -0.4 is 0 Å². The molecular weight excluding hydrogens is 306 g/mol. The fourth-order valence-corrected chi connectivity index (χ4v) is 2.46. The van der Waals surface area contributed by atoms with E-state index in [0.717, 1.165) is 10.8 Å². The van der Waals surface area contributed by atoms with E-state index < -0.39 is 4.92 Å². The number of rotatable bonds is 4. The number of phenols is 1. The van der Waals surface area contributed by atoms with E-state index in [1.165, 1.54) is 30.3 Å². The van der Waals surface area contributed by atoms with Crippen molar-refractivity contribution in [2.75, 3.05) is 0 Å². The number of hydrogen-bond acceptors (Lipinski definition) is 4. The minimum atomic E-state index is -0.516. The Labute approximate surface area is 137 Å². The molecule has 0 saturated heterocycles. The molecule has 24 heavy (non-hydrogen) atoms. The Morgan fingerprint density at radius 1 is 1.00 bits per heavy atom. The van der Waals surface area contributed by atoms with Crippen LogP contribution in [0, 0.1) is 10.1 Å². The molecule has 0 aliphatic carbocycles. The quantitative estimate of drug-likeness (QED) is 0.335. The van der Waals surface area contributed by atoms with Crippen molar-refractivity contribution in [2.45, 2.75) is 0 Å². The van der Waals surface area contributed by atoms with Gasteiger partial charge in [-0.3, -0.25) is 14.9 Å². The van der Waals surface area contributed by atoms with Crippen LogP contribution in [0.1, 0.15) is 15.9 Å². The zero-order valence-corrected chi connectivity index (χ0v) is 12.5. The van der Waals surface area contributed by atoms with Crippen molar-refractivity contribution in [3.63, 3.8) is 0 Å². The predicted octanol–water partition coefficient (Wildman–Crippen LogP) is 4.35. The second-order valence-corrected chi connectivity index (χ2v) is 5.22. The molecule has 0 bridgehead atoms. The summed E-state index contributed by atoms with van der Waals surface area (Å²) in [6, 6.07) is 16.3. The van der Waals surface area contributed by atoms with E-state index in [1.807, 2.05) is 24.3 Å². The van der Waals surface area contributed by atoms with Gasteiger partial charge >= 0.3 is 0 Å². The lowest BCUT2D eigenvalue weighted by Gasteiger charge is -2.05. The summed E-state index contributed by atoms with van der Waals surface area (Å²) in [6.45, 7) is 0. The lowest BCUT2D eigenvalue weighted by Crippen LogP contribution is -1.95. The maximum absolute atomic E-state index is 12.2. The third kappa shape index (κ3) is 3.01. The first-order valence-electron chi connectivity index (χ1n) is 7.24. The molecule has 0 radical (unpaired) electrons. The summed E-state index contributed by atoms with van der Waals surface area (Å²) in [7, 11) is 0. The van der Waals surface area contributed by atoms with E-state index in [1.54, 1.807) is 18.2 Å². The molecule has 0 unspecified atom stereocenters. The molecule has 0 heterocycles. The summed E-state index contributed by atoms with van der Waals surface area (Å²) in [5.74, 6) is -0.210. The van der Waals surface area contributed by atoms with E-state index in [0.29, 0.717) is 11.1 Å². The zero-order chi connectivity index (χ0) is 17.1. The molecule has 0 fully saturated rings. The first kappa shape index (κ1) is 15.4. The molecule has 0 saturated carbocycles. The van der Waals surface area contributed by atoms with Gasteiger partial charge in [0.2, 0.25) is 0 Å². The van der Waals surface area contributed by atoms with Gasteiger partial charge in [0.05, 0.1) is 4.92 Å². The van der Waals surface area contributed by atoms with Crippen LogP contribution >= 0.6 is 0 Å². The summed E-state index contributed by atoms with van der Waals surface area (Å²) in [5, 5.41) is 22.5. The van der Waals surface area contributed by atoms with Crippen LogP contribution in [-0.4, -0.2) is 15.8 Å². The largest absolute Gasteiger partial charge is 0.507 e. The van der Waals surface area contributed by atoms with Crippen LogP contribution in [0.4, 0.5) is 5.69 Å². The molecule has 0 aliphatic rings. The van der Waals surface area contributed by atoms with Crippen molar-refractivity contribution in [1.29, 1.82) is 0 Å². The molecule has 3 aromatic rings. The number of carbonyl (C=O) groups excluding carboxylic acids is 1. The Kier molecular flexibility index (Phi) is 4.07. The summed E-state index contributed by atoms with van der Waals surface area (Å²) in [6.07, 6.45) is 2.91. The molecule has 0 aliphatic heterocycles. The van der Waals surface area contributed by atoms with E-state index >= 15 is 0 Å². The first-order chi connectivity index (χ1) is 11.6. The predicted molar refractivity (Wildman–Crippen MR) is 92.1 cm³/mol. The molecule has 5 heteroatoms. The average molecular weight is 319 g/mol. The molecular formula is C19H13NO4. The Morgan fingerprint density at radius 3 is 2.42 bits per heavy atom. The van der Waals surface area contributed by atoms with Crippen LogP contribution in [-0.2, 0) is 0 Å². The van der Waals surface area contributed by atoms with Gasteiger partial charge in [0, 0.05) is 23.3 Å². The smallest absolute Gasteiger partial charge is 0.269 e. The van der Waals surface area contributed by atoms with Crippen LogP contribution in [0.2, 0.25) is 0 Å². The molecule has 3 rings (SSSR count). The van der Waals surface area contributed by atoms with Crippen molar-refractivity contribution < 1.29 is 14.8 Å². The molecule has 0 amide bonds. The first-order valence-corrected chi connectivity index (χ1v) is 7.24. The number of carbonyl (C=O) groups is 1. The monoisotopic (exact) mass is 319 g/mol. The Morgan fingerprint density at radius 2 is 1.71 bits per heavy atom. The number of nitrogens with zero attached hydrogens (tertiary/aromatic N) is 1. The second kappa shape index (κ2) is 6.34. The second-order valence-electron chi connectivity index (χ2n) is 5.22. The highest BCUT2D eigenvalue weighted by atomic mass is 16.6. The third-order valence-electron chi connectivity index (χ3n) is 3.71. The van der Waals surface area contributed by atoms with Gasteiger partial charge in [0.1, 0.15) is 5.75 Å². The maximum atomic E-state index is 12.2. The van der Waals surface area contributed by atoms with Crippen molar-refractivity contribution in [3.8, 4) is 5.75 Å². The fourth-order valence-electron chi connectivity index (χ4n) is 2.46. The molecule has 0 aromatic heterocycles. The Balaban J connectivity index is 1.92. The lowest BCUT2D eigenvalue weighted by atomic mass is 10.0. The molecule has 5 nitrogen and oxygen atoms in total. The summed E-state index contributed by atoms with van der Waals surface area (Å²) >= 11 is 0. The standard InChI is InChI=1S/C19H13NO4/c21-18(14-5-8-15(9-6-14)20(23)24)12-10-17-16-4-2-1-3-13(16)7-11-19(17)22/h1-12,22H/b12-10-. The van der Waals surface area contributed by atoms with Gasteiger partial charge in [-0.1, -0.05) is 30.3 Å². The number of nitro groups is 1. The van der Waals surface area contributed by atoms with E-state index in [4.69, 9.17) is 0 Å². The highest BCUT2D eigenvalue weighted by Gasteiger charge is 2.08. The number of ketones is 1. The number of fused-ring (bicyclic) bond motifs is 1. The van der Waals surface area contributed by atoms with Gasteiger partial charge in [-0.15, -0.1) is 0 Å². The minimum absolute atomic E-state index is 0.0674. The normalized spacial score (nSPS) is 11.0. The van der Waals surface area contributed by atoms with E-state index in [-0.39, 0.29) is 17.2 Å². The van der Waals surface area contributed by atoms with Crippen LogP contribution in [0.15, 0.2) is 66.7 Å². The number of allylic oxidation sites excluding steroid dienone is 1. The number of hydrogen-bond donors (Lipinski definition) is 1. The van der Waals surface area contributed by atoms with Crippen LogP contribution in [0.25, 0.3) is 16.8 Å². The summed E-state index contributed by atoms with van der Waals surface area (Å²) in [4.78, 5) is 22.3. The summed E-state index contributed by atoms with van der Waals surface area (Å²) in [5.41, 5.74) is 0.835. The topological polar surface area (TPSA) is 80.4 Å². The lowest BCUT2D eigenvalue weighted by molar-refractivity contribution is -0.384. The van der Waals surface area contributed by atoms with Gasteiger partial charge in [-0.05, 0) is 41.1 Å².